The minimum absolute atomic E-state index is 0.0121. The van der Waals surface area contributed by atoms with Crippen molar-refractivity contribution in [3.8, 4) is 0 Å². The van der Waals surface area contributed by atoms with Crippen LogP contribution in [0.2, 0.25) is 0 Å². The van der Waals surface area contributed by atoms with E-state index < -0.39 is 0 Å². The lowest BCUT2D eigenvalue weighted by atomic mass is 9.93. The van der Waals surface area contributed by atoms with Gasteiger partial charge in [-0.3, -0.25) is 0 Å². The molecule has 3 N–H and O–H groups in total. The number of H-pyrrole nitrogens is 1. The van der Waals surface area contributed by atoms with Crippen LogP contribution in [0, 0.1) is 0 Å². The van der Waals surface area contributed by atoms with Crippen molar-refractivity contribution < 1.29 is 24.0 Å². The van der Waals surface area contributed by atoms with Crippen LogP contribution in [0.4, 0.5) is 0 Å². The molecule has 1 amide bonds. The number of carbonyl (C=O) groups excluding carboxylic acids is 1. The molecule has 5 aliphatic heterocycles. The Hall–Kier alpha value is -7.79. The van der Waals surface area contributed by atoms with Gasteiger partial charge >= 0.3 is 11.9 Å². The number of amides is 1. The van der Waals surface area contributed by atoms with Gasteiger partial charge in [0.15, 0.2) is 24.8 Å². The molecule has 2 aliphatic carbocycles. The molecule has 11 nitrogen and oxygen atoms in total. The van der Waals surface area contributed by atoms with Crippen LogP contribution in [0.1, 0.15) is 103 Å². The standard InChI is InChI=1S/C58H56N9O2/c1-64-32-26-39(27-33-64)54-47-20-18-45(60-47)53(38-14-16-42(17-15-38)57(68)67(44-12-8-5-9-13-44)58(69)59-43-10-6-4-7-11-43)46-19-21-48(61-46)55(40-28-34-65(2)35-29-40)50-23-25-52(63-50)56(51-24-22-49(54)62-51)41-30-36-66(3)37-31-41/h14-37,43-44H,4-13H2,1-3H3,(H-,59,60,61,62,63,69)/q+1/p+2. The molecule has 344 valence electrons. The minimum Gasteiger partial charge on any atom is -0.447 e. The maximum atomic E-state index is 14.6. The monoisotopic (exact) mass is 912 g/mol. The first-order valence-electron chi connectivity index (χ1n) is 24.5. The zero-order valence-electron chi connectivity index (χ0n) is 39.6. The zero-order valence-corrected chi connectivity index (χ0v) is 39.6. The molecule has 8 heterocycles. The van der Waals surface area contributed by atoms with E-state index in [2.05, 4.69) is 120 Å². The van der Waals surface area contributed by atoms with Gasteiger partial charge in [0.1, 0.15) is 20.1 Å². The van der Waals surface area contributed by atoms with Crippen molar-refractivity contribution in [3.63, 3.8) is 0 Å². The predicted octanol–water partition coefficient (Wildman–Crippen LogP) is 8.01. The number of amidine groups is 1. The van der Waals surface area contributed by atoms with Crippen molar-refractivity contribution in [2.75, 3.05) is 7.05 Å². The predicted molar refractivity (Wildman–Crippen MR) is 273 cm³/mol. The summed E-state index contributed by atoms with van der Waals surface area (Å²) in [7, 11) is 6.06. The lowest BCUT2D eigenvalue weighted by molar-refractivity contribution is -0.671. The summed E-state index contributed by atoms with van der Waals surface area (Å²) in [5.74, 6) is -0.191. The fraction of sp³-hybridized carbons (Fsp3) is 0.259. The Bertz CT molecular complexity index is 3130. The summed E-state index contributed by atoms with van der Waals surface area (Å²) in [5, 5.41) is 11.7. The molecular formula is C58H58N9O2+3. The summed E-state index contributed by atoms with van der Waals surface area (Å²) in [6, 6.07) is 20.6. The molecular weight excluding hydrogens is 855 g/mol. The number of pyridine rings is 2. The molecule has 0 spiro atoms. The van der Waals surface area contributed by atoms with E-state index in [1.807, 2.05) is 71.8 Å². The first-order valence-corrected chi connectivity index (χ1v) is 24.5. The summed E-state index contributed by atoms with van der Waals surface area (Å²) in [4.78, 5) is 41.8. The van der Waals surface area contributed by atoms with E-state index in [1.165, 1.54) is 6.42 Å². The van der Waals surface area contributed by atoms with Gasteiger partial charge in [0.25, 0.3) is 0 Å². The summed E-state index contributed by atoms with van der Waals surface area (Å²) in [5.41, 5.74) is 14.7. The van der Waals surface area contributed by atoms with Crippen molar-refractivity contribution in [1.82, 2.24) is 14.8 Å². The van der Waals surface area contributed by atoms with Crippen LogP contribution in [0.3, 0.4) is 0 Å². The lowest BCUT2D eigenvalue weighted by Crippen LogP contribution is -2.83. The smallest absolute Gasteiger partial charge is 0.447 e. The van der Waals surface area contributed by atoms with E-state index in [9.17, 15) is 9.90 Å². The summed E-state index contributed by atoms with van der Waals surface area (Å²) >= 11 is 0. The van der Waals surface area contributed by atoms with Gasteiger partial charge in [-0.25, -0.2) is 33.9 Å². The highest BCUT2D eigenvalue weighted by Gasteiger charge is 2.38. The molecule has 7 aliphatic rings. The second-order valence-electron chi connectivity index (χ2n) is 19.0. The Morgan fingerprint density at radius 1 is 0.594 bits per heavy atom. The van der Waals surface area contributed by atoms with Gasteiger partial charge < -0.3 is 15.0 Å². The van der Waals surface area contributed by atoms with E-state index in [-0.39, 0.29) is 24.0 Å². The molecule has 3 aromatic heterocycles. The number of hydrogen-bond acceptors (Lipinski definition) is 5. The third-order valence-electron chi connectivity index (χ3n) is 14.2. The van der Waals surface area contributed by atoms with E-state index in [1.54, 1.807) is 4.90 Å². The van der Waals surface area contributed by atoms with Crippen molar-refractivity contribution in [2.24, 2.45) is 29.1 Å². The molecule has 4 aromatic rings. The Morgan fingerprint density at radius 3 is 1.59 bits per heavy atom. The number of aliphatic hydroxyl groups is 1. The second kappa shape index (κ2) is 18.7. The van der Waals surface area contributed by atoms with Gasteiger partial charge in [-0.15, -0.1) is 0 Å². The number of carbonyl (C=O) groups is 1. The van der Waals surface area contributed by atoms with Crippen LogP contribution >= 0.6 is 0 Å². The molecule has 8 bridgehead atoms. The molecule has 2 fully saturated rings. The summed E-state index contributed by atoms with van der Waals surface area (Å²) in [6.07, 6.45) is 39.5. The largest absolute Gasteiger partial charge is 0.449 e. The quantitative estimate of drug-likeness (QED) is 0.103. The second-order valence-corrected chi connectivity index (χ2v) is 19.0. The number of aromatic nitrogens is 3. The molecule has 0 unspecified atom stereocenters. The molecule has 11 heteroatoms. The number of nitrogens with one attached hydrogen (secondary N) is 2. The molecule has 11 rings (SSSR count). The van der Waals surface area contributed by atoms with Crippen molar-refractivity contribution >= 4 is 45.8 Å². The van der Waals surface area contributed by atoms with Crippen molar-refractivity contribution in [3.05, 3.63) is 208 Å². The molecule has 69 heavy (non-hydrogen) atoms. The maximum Gasteiger partial charge on any atom is 0.449 e. The van der Waals surface area contributed by atoms with E-state index in [0.29, 0.717) is 5.56 Å². The van der Waals surface area contributed by atoms with Crippen molar-refractivity contribution in [2.45, 2.75) is 76.3 Å². The number of hydrogen-bond donors (Lipinski definition) is 3. The van der Waals surface area contributed by atoms with Crippen LogP contribution in [0.15, 0.2) is 190 Å². The molecule has 0 radical (unpaired) electrons. The Morgan fingerprint density at radius 2 is 1.06 bits per heavy atom. The highest BCUT2D eigenvalue weighted by Crippen LogP contribution is 2.38. The highest BCUT2D eigenvalue weighted by atomic mass is 16.3. The van der Waals surface area contributed by atoms with Gasteiger partial charge in [-0.2, -0.15) is 4.90 Å². The molecule has 0 saturated heterocycles. The van der Waals surface area contributed by atoms with Gasteiger partial charge in [0.05, 0.1) is 45.8 Å². The first kappa shape index (κ1) is 43.8. The van der Waals surface area contributed by atoms with Gasteiger partial charge in [0, 0.05) is 77.4 Å². The molecule has 1 aromatic carbocycles. The third kappa shape index (κ3) is 8.81. The maximum absolute atomic E-state index is 14.6. The number of fused-ring (bicyclic) bond motifs is 5. The van der Waals surface area contributed by atoms with Crippen LogP contribution in [0.5, 0.6) is 0 Å². The van der Waals surface area contributed by atoms with Gasteiger partial charge in [-0.05, 0) is 147 Å². The summed E-state index contributed by atoms with van der Waals surface area (Å²) < 4.78 is 4.06. The normalized spacial score (nSPS) is 19.6. The number of allylic oxidation sites excluding steroid dienone is 11. The van der Waals surface area contributed by atoms with Crippen LogP contribution < -0.4 is 14.1 Å². The fourth-order valence-corrected chi connectivity index (χ4v) is 10.5. The van der Waals surface area contributed by atoms with E-state index >= 15 is 0 Å². The lowest BCUT2D eigenvalue weighted by Gasteiger charge is -2.27. The third-order valence-corrected chi connectivity index (χ3v) is 14.2. The number of aliphatic imine (C=N–C) groups is 3. The fourth-order valence-electron chi connectivity index (χ4n) is 10.5. The average Bonchev–Trinajstić information content (AvgIpc) is 4.23. The summed E-state index contributed by atoms with van der Waals surface area (Å²) in [6.45, 7) is 0. The average molecular weight is 913 g/mol. The van der Waals surface area contributed by atoms with Crippen molar-refractivity contribution in [1.29, 1.82) is 0 Å². The van der Waals surface area contributed by atoms with Gasteiger partial charge in [-0.1, -0.05) is 25.0 Å². The van der Waals surface area contributed by atoms with Crippen LogP contribution in [-0.2, 0) is 14.1 Å². The van der Waals surface area contributed by atoms with Gasteiger partial charge in [0.2, 0.25) is 0 Å². The zero-order chi connectivity index (χ0) is 47.0. The highest BCUT2D eigenvalue weighted by molar-refractivity contribution is 6.36. The van der Waals surface area contributed by atoms with Crippen LogP contribution in [0.25, 0.3) is 16.7 Å². The van der Waals surface area contributed by atoms with Crippen LogP contribution in [-0.4, -0.2) is 68.1 Å². The van der Waals surface area contributed by atoms with E-state index in [4.69, 9.17) is 15.0 Å². The Kier molecular flexibility index (Phi) is 11.9. The number of benzene rings is 1. The number of rotatable bonds is 6. The Balaban J connectivity index is 1.08. The number of nitrogens with zero attached hydrogens (tertiary/aromatic N) is 7. The number of aliphatic hydroxyl groups excluding tert-OH is 1. The number of aryl methyl sites for hydroxylation is 2. The Labute approximate surface area is 403 Å². The first-order chi connectivity index (χ1) is 33.7. The SMILES string of the molecule is CN1C=CC(=C2C3=NC(=C(c4cc[n+](C)cc4)C4=NC(=C(c5ccc(C(=O)N(C(O)=[NH+]C6CCCCC6)C6CCCCC6)cc5)c5ccc([nH]5)C(c5cc[n+](C)cc5)=C5C=CC2=N5)C=C4)C=C3)C=C1. The minimum atomic E-state index is -0.191. The molecule has 0 atom stereocenters. The molecule has 2 saturated carbocycles. The van der Waals surface area contributed by atoms with E-state index in [0.717, 1.165) is 148 Å². The topological polar surface area (TPSA) is 118 Å². The number of aromatic amines is 1.